The first-order valence-electron chi connectivity index (χ1n) is 1.51. The van der Waals surface area contributed by atoms with Crippen LogP contribution in [0, 0.1) is 0 Å². The Bertz CT molecular complexity index is 116. The molecular formula is C2H8NaO4S. The Morgan fingerprint density at radius 1 is 1.50 bits per heavy atom. The molecule has 0 aromatic rings. The zero-order valence-corrected chi connectivity index (χ0v) is 7.70. The van der Waals surface area contributed by atoms with Gasteiger partial charge < -0.3 is 5.48 Å². The molecule has 0 aliphatic heterocycles. The van der Waals surface area contributed by atoms with E-state index in [9.17, 15) is 8.42 Å². The van der Waals surface area contributed by atoms with Gasteiger partial charge in [0.1, 0.15) is 0 Å². The molecule has 0 aliphatic rings. The molecule has 47 valence electrons. The minimum absolute atomic E-state index is 0. The normalized spacial score (nSPS) is 8.75. The minimum Gasteiger partial charge on any atom is -0.412 e. The first-order valence-corrected chi connectivity index (χ1v) is 3.12. The van der Waals surface area contributed by atoms with Gasteiger partial charge in [-0.3, -0.25) is 4.55 Å². The van der Waals surface area contributed by atoms with Gasteiger partial charge in [0.2, 0.25) is 0 Å². The standard InChI is InChI=1S/C2H6O3S.Na.H2O/c1-2-6(3,4)5;;/h2H2,1H3,(H,3,4,5);;1H2. The molecular weight excluding hydrogens is 143 g/mol. The van der Waals surface area contributed by atoms with Crippen LogP contribution in [-0.4, -0.2) is 53.8 Å². The van der Waals surface area contributed by atoms with E-state index in [-0.39, 0.29) is 40.8 Å². The van der Waals surface area contributed by atoms with Gasteiger partial charge >= 0.3 is 0 Å². The fourth-order valence-electron chi connectivity index (χ4n) is 0. The van der Waals surface area contributed by atoms with Crippen LogP contribution in [0.5, 0.6) is 0 Å². The third-order valence-electron chi connectivity index (χ3n) is 0.365. The molecule has 0 rings (SSSR count). The Labute approximate surface area is 70.6 Å². The monoisotopic (exact) mass is 151 g/mol. The number of hydrogen-bond donors (Lipinski definition) is 1. The number of hydrogen-bond acceptors (Lipinski definition) is 2. The molecule has 0 unspecified atom stereocenters. The molecule has 4 nitrogen and oxygen atoms in total. The molecule has 0 spiro atoms. The maximum Gasteiger partial charge on any atom is 0.264 e. The van der Waals surface area contributed by atoms with Crippen LogP contribution >= 0.6 is 0 Å². The summed E-state index contributed by atoms with van der Waals surface area (Å²) >= 11 is 0. The van der Waals surface area contributed by atoms with E-state index in [1.54, 1.807) is 0 Å². The largest absolute Gasteiger partial charge is 0.412 e. The van der Waals surface area contributed by atoms with E-state index in [0.29, 0.717) is 0 Å². The first kappa shape index (κ1) is 15.9. The Morgan fingerprint density at radius 3 is 1.62 bits per heavy atom. The van der Waals surface area contributed by atoms with Crippen molar-refractivity contribution in [2.24, 2.45) is 0 Å². The maximum absolute atomic E-state index is 9.56. The van der Waals surface area contributed by atoms with Crippen molar-refractivity contribution in [2.45, 2.75) is 6.92 Å². The van der Waals surface area contributed by atoms with Crippen LogP contribution in [0.25, 0.3) is 0 Å². The summed E-state index contributed by atoms with van der Waals surface area (Å²) in [6.07, 6.45) is 0. The SMILES string of the molecule is CCS(=O)(=O)O.O.[Na]. The summed E-state index contributed by atoms with van der Waals surface area (Å²) in [5.41, 5.74) is 0. The summed E-state index contributed by atoms with van der Waals surface area (Å²) in [5, 5.41) is 0. The average Bonchev–Trinajstić information content (AvgIpc) is 1.35. The average molecular weight is 151 g/mol. The summed E-state index contributed by atoms with van der Waals surface area (Å²) < 4.78 is 26.9. The predicted molar refractivity (Wildman–Crippen MR) is 31.5 cm³/mol. The van der Waals surface area contributed by atoms with Gasteiger partial charge in [0, 0.05) is 29.6 Å². The Balaban J connectivity index is -0.000000125. The van der Waals surface area contributed by atoms with Gasteiger partial charge in [-0.15, -0.1) is 0 Å². The van der Waals surface area contributed by atoms with Gasteiger partial charge in [-0.25, -0.2) is 0 Å². The summed E-state index contributed by atoms with van der Waals surface area (Å²) in [5.74, 6) is -0.201. The zero-order valence-electron chi connectivity index (χ0n) is 4.88. The smallest absolute Gasteiger partial charge is 0.264 e. The molecule has 6 heteroatoms. The Morgan fingerprint density at radius 2 is 1.62 bits per heavy atom. The molecule has 0 atom stereocenters. The van der Waals surface area contributed by atoms with Crippen molar-refractivity contribution in [2.75, 3.05) is 5.75 Å². The molecule has 0 aliphatic carbocycles. The third-order valence-corrected chi connectivity index (χ3v) is 1.09. The van der Waals surface area contributed by atoms with E-state index in [4.69, 9.17) is 4.55 Å². The van der Waals surface area contributed by atoms with Gasteiger partial charge in [-0.1, -0.05) is 0 Å². The quantitative estimate of drug-likeness (QED) is 0.373. The van der Waals surface area contributed by atoms with Crippen LogP contribution in [0.3, 0.4) is 0 Å². The van der Waals surface area contributed by atoms with Crippen LogP contribution < -0.4 is 0 Å². The van der Waals surface area contributed by atoms with Gasteiger partial charge in [0.25, 0.3) is 10.1 Å². The van der Waals surface area contributed by atoms with Crippen molar-refractivity contribution in [3.05, 3.63) is 0 Å². The summed E-state index contributed by atoms with van der Waals surface area (Å²) in [6.45, 7) is 1.37. The first-order chi connectivity index (χ1) is 2.56. The predicted octanol–water partition coefficient (Wildman–Crippen LogP) is -1.31. The fraction of sp³-hybridized carbons (Fsp3) is 1.00. The van der Waals surface area contributed by atoms with E-state index in [1.165, 1.54) is 6.92 Å². The van der Waals surface area contributed by atoms with E-state index in [2.05, 4.69) is 0 Å². The maximum atomic E-state index is 9.56. The molecule has 0 bridgehead atoms. The van der Waals surface area contributed by atoms with Crippen LogP contribution in [-0.2, 0) is 10.1 Å². The van der Waals surface area contributed by atoms with Crippen LogP contribution in [0.15, 0.2) is 0 Å². The second kappa shape index (κ2) is 6.00. The van der Waals surface area contributed by atoms with Gasteiger partial charge in [-0.2, -0.15) is 8.42 Å². The van der Waals surface area contributed by atoms with Crippen molar-refractivity contribution in [3.63, 3.8) is 0 Å². The second-order valence-electron chi connectivity index (χ2n) is 0.871. The van der Waals surface area contributed by atoms with E-state index >= 15 is 0 Å². The van der Waals surface area contributed by atoms with Crippen molar-refractivity contribution in [3.8, 4) is 0 Å². The summed E-state index contributed by atoms with van der Waals surface area (Å²) in [4.78, 5) is 0. The van der Waals surface area contributed by atoms with Gasteiger partial charge in [0.15, 0.2) is 0 Å². The molecule has 0 aromatic heterocycles. The zero-order chi connectivity index (χ0) is 5.21. The summed E-state index contributed by atoms with van der Waals surface area (Å²) in [6, 6.07) is 0. The van der Waals surface area contributed by atoms with Crippen molar-refractivity contribution < 1.29 is 18.4 Å². The van der Waals surface area contributed by atoms with Crippen molar-refractivity contribution >= 4 is 39.7 Å². The molecule has 0 heterocycles. The fourth-order valence-corrected chi connectivity index (χ4v) is 0. The van der Waals surface area contributed by atoms with E-state index < -0.39 is 10.1 Å². The number of rotatable bonds is 1. The third kappa shape index (κ3) is 15.8. The summed E-state index contributed by atoms with van der Waals surface area (Å²) in [7, 11) is -3.66. The molecule has 0 saturated heterocycles. The van der Waals surface area contributed by atoms with Crippen molar-refractivity contribution in [1.29, 1.82) is 0 Å². The molecule has 1 radical (unpaired) electrons. The molecule has 0 aromatic carbocycles. The minimum atomic E-state index is -3.66. The van der Waals surface area contributed by atoms with E-state index in [1.807, 2.05) is 0 Å². The van der Waals surface area contributed by atoms with Crippen LogP contribution in [0.2, 0.25) is 0 Å². The Kier molecular flexibility index (Phi) is 12.0. The molecule has 3 N–H and O–H groups in total. The molecule has 8 heavy (non-hydrogen) atoms. The van der Waals surface area contributed by atoms with Crippen LogP contribution in [0.1, 0.15) is 6.92 Å². The van der Waals surface area contributed by atoms with E-state index in [0.717, 1.165) is 0 Å². The topological polar surface area (TPSA) is 85.9 Å². The van der Waals surface area contributed by atoms with Gasteiger partial charge in [0.05, 0.1) is 5.75 Å². The Hall–Kier alpha value is 0.870. The second-order valence-corrected chi connectivity index (χ2v) is 2.61. The van der Waals surface area contributed by atoms with Crippen molar-refractivity contribution in [1.82, 2.24) is 0 Å². The molecule has 0 amide bonds. The van der Waals surface area contributed by atoms with Gasteiger partial charge in [-0.05, 0) is 6.92 Å². The van der Waals surface area contributed by atoms with Crippen LogP contribution in [0.4, 0.5) is 0 Å². The molecule has 0 saturated carbocycles. The molecule has 0 fully saturated rings.